The maximum Gasteiger partial charge on any atom is 0.126 e. The van der Waals surface area contributed by atoms with Gasteiger partial charge < -0.3 is 5.32 Å². The number of aromatic nitrogens is 2. The number of hydrogen-bond donors (Lipinski definition) is 1. The minimum atomic E-state index is -0.132. The summed E-state index contributed by atoms with van der Waals surface area (Å²) >= 11 is 0. The smallest absolute Gasteiger partial charge is 0.126 e. The van der Waals surface area contributed by atoms with Crippen LogP contribution in [0.1, 0.15) is 29.8 Å². The molecule has 0 saturated carbocycles. The largest absolute Gasteiger partial charge is 0.319 e. The fourth-order valence-electron chi connectivity index (χ4n) is 2.63. The first kappa shape index (κ1) is 14.7. The van der Waals surface area contributed by atoms with Gasteiger partial charge in [0.1, 0.15) is 5.82 Å². The summed E-state index contributed by atoms with van der Waals surface area (Å²) in [7, 11) is 1.90. The zero-order chi connectivity index (χ0) is 14.5. The maximum absolute atomic E-state index is 14.0. The summed E-state index contributed by atoms with van der Waals surface area (Å²) in [5.74, 6) is -0.0189. The molecule has 0 fully saturated rings. The molecular formula is C16H22FN3. The quantitative estimate of drug-likeness (QED) is 0.878. The summed E-state index contributed by atoms with van der Waals surface area (Å²) in [5, 5.41) is 7.62. The number of hydrogen-bond acceptors (Lipinski definition) is 2. The number of nitrogens with zero attached hydrogens (tertiary/aromatic N) is 2. The highest BCUT2D eigenvalue weighted by Crippen LogP contribution is 2.23. The molecular weight excluding hydrogens is 253 g/mol. The van der Waals surface area contributed by atoms with Crippen LogP contribution in [0.4, 0.5) is 4.39 Å². The number of rotatable bonds is 6. The van der Waals surface area contributed by atoms with Crippen LogP contribution in [-0.2, 0) is 13.0 Å². The SMILES string of the molecule is CCn1nc(C)cc1CC(CNC)c1ccccc1F. The average molecular weight is 275 g/mol. The molecule has 20 heavy (non-hydrogen) atoms. The van der Waals surface area contributed by atoms with Crippen LogP contribution in [0.15, 0.2) is 30.3 Å². The van der Waals surface area contributed by atoms with Crippen LogP contribution in [0.2, 0.25) is 0 Å². The third kappa shape index (κ3) is 3.25. The molecule has 0 bridgehead atoms. The van der Waals surface area contributed by atoms with Gasteiger partial charge in [0.25, 0.3) is 0 Å². The van der Waals surface area contributed by atoms with Gasteiger partial charge in [0, 0.05) is 24.7 Å². The first-order valence-corrected chi connectivity index (χ1v) is 7.08. The molecule has 1 atom stereocenters. The average Bonchev–Trinajstić information content (AvgIpc) is 2.79. The van der Waals surface area contributed by atoms with Crippen molar-refractivity contribution in [2.45, 2.75) is 32.7 Å². The van der Waals surface area contributed by atoms with E-state index in [-0.39, 0.29) is 11.7 Å². The highest BCUT2D eigenvalue weighted by atomic mass is 19.1. The minimum Gasteiger partial charge on any atom is -0.319 e. The summed E-state index contributed by atoms with van der Waals surface area (Å²) < 4.78 is 16.0. The Morgan fingerprint density at radius 2 is 2.10 bits per heavy atom. The molecule has 108 valence electrons. The number of nitrogens with one attached hydrogen (secondary N) is 1. The van der Waals surface area contributed by atoms with Gasteiger partial charge in [0.15, 0.2) is 0 Å². The molecule has 1 unspecified atom stereocenters. The lowest BCUT2D eigenvalue weighted by Crippen LogP contribution is -2.21. The Kier molecular flexibility index (Phi) is 4.90. The van der Waals surface area contributed by atoms with E-state index >= 15 is 0 Å². The normalized spacial score (nSPS) is 12.6. The third-order valence-electron chi connectivity index (χ3n) is 3.54. The Balaban J connectivity index is 2.28. The van der Waals surface area contributed by atoms with Gasteiger partial charge in [-0.15, -0.1) is 0 Å². The molecule has 1 heterocycles. The van der Waals surface area contributed by atoms with Crippen molar-refractivity contribution >= 4 is 0 Å². The Bertz CT molecular complexity index is 563. The minimum absolute atomic E-state index is 0.114. The molecule has 4 heteroatoms. The van der Waals surface area contributed by atoms with Crippen molar-refractivity contribution in [3.8, 4) is 0 Å². The molecule has 0 radical (unpaired) electrons. The summed E-state index contributed by atoms with van der Waals surface area (Å²) in [6.45, 7) is 5.65. The van der Waals surface area contributed by atoms with Crippen LogP contribution in [0.25, 0.3) is 0 Å². The predicted octanol–water partition coefficient (Wildman–Crippen LogP) is 2.90. The molecule has 0 aliphatic carbocycles. The van der Waals surface area contributed by atoms with Gasteiger partial charge in [-0.05, 0) is 45.0 Å². The topological polar surface area (TPSA) is 29.9 Å². The molecule has 0 spiro atoms. The van der Waals surface area contributed by atoms with Crippen molar-refractivity contribution in [3.05, 3.63) is 53.1 Å². The fourth-order valence-corrected chi connectivity index (χ4v) is 2.63. The standard InChI is InChI=1S/C16H22FN3/c1-4-20-14(9-12(2)19-20)10-13(11-18-3)15-7-5-6-8-16(15)17/h5-9,13,18H,4,10-11H2,1-3H3. The molecule has 0 aliphatic heterocycles. The zero-order valence-corrected chi connectivity index (χ0v) is 12.4. The number of benzene rings is 1. The van der Waals surface area contributed by atoms with E-state index < -0.39 is 0 Å². The van der Waals surface area contributed by atoms with Crippen molar-refractivity contribution in [1.29, 1.82) is 0 Å². The van der Waals surface area contributed by atoms with Crippen LogP contribution in [0, 0.1) is 12.7 Å². The molecule has 0 saturated heterocycles. The van der Waals surface area contributed by atoms with Crippen molar-refractivity contribution in [2.75, 3.05) is 13.6 Å². The van der Waals surface area contributed by atoms with Gasteiger partial charge >= 0.3 is 0 Å². The van der Waals surface area contributed by atoms with E-state index in [0.29, 0.717) is 0 Å². The molecule has 3 nitrogen and oxygen atoms in total. The van der Waals surface area contributed by atoms with E-state index in [2.05, 4.69) is 23.4 Å². The van der Waals surface area contributed by atoms with Crippen LogP contribution in [-0.4, -0.2) is 23.4 Å². The van der Waals surface area contributed by atoms with Gasteiger partial charge in [0.05, 0.1) is 5.69 Å². The number of aryl methyl sites for hydroxylation is 2. The lowest BCUT2D eigenvalue weighted by Gasteiger charge is -2.18. The second-order valence-corrected chi connectivity index (χ2v) is 5.07. The number of halogens is 1. The van der Waals surface area contributed by atoms with Crippen LogP contribution >= 0.6 is 0 Å². The second-order valence-electron chi connectivity index (χ2n) is 5.07. The second kappa shape index (κ2) is 6.66. The predicted molar refractivity (Wildman–Crippen MR) is 79.4 cm³/mol. The molecule has 1 aromatic carbocycles. The molecule has 0 aliphatic rings. The van der Waals surface area contributed by atoms with E-state index in [1.54, 1.807) is 6.07 Å². The van der Waals surface area contributed by atoms with E-state index in [1.165, 1.54) is 6.07 Å². The number of likely N-dealkylation sites (N-methyl/N-ethyl adjacent to an activating group) is 1. The molecule has 1 aromatic heterocycles. The Hall–Kier alpha value is -1.68. The summed E-state index contributed by atoms with van der Waals surface area (Å²) in [5.41, 5.74) is 2.94. The first-order chi connectivity index (χ1) is 9.65. The molecule has 2 aromatic rings. The van der Waals surface area contributed by atoms with Crippen LogP contribution in [0.5, 0.6) is 0 Å². The zero-order valence-electron chi connectivity index (χ0n) is 12.4. The highest BCUT2D eigenvalue weighted by molar-refractivity contribution is 5.24. The van der Waals surface area contributed by atoms with Gasteiger partial charge in [0.2, 0.25) is 0 Å². The van der Waals surface area contributed by atoms with E-state index in [9.17, 15) is 4.39 Å². The van der Waals surface area contributed by atoms with E-state index in [4.69, 9.17) is 0 Å². The van der Waals surface area contributed by atoms with E-state index in [1.807, 2.05) is 30.8 Å². The third-order valence-corrected chi connectivity index (χ3v) is 3.54. The van der Waals surface area contributed by atoms with Crippen molar-refractivity contribution in [2.24, 2.45) is 0 Å². The fraction of sp³-hybridized carbons (Fsp3) is 0.438. The highest BCUT2D eigenvalue weighted by Gasteiger charge is 2.17. The summed E-state index contributed by atoms with van der Waals surface area (Å²) in [6, 6.07) is 9.11. The molecule has 1 N–H and O–H groups in total. The van der Waals surface area contributed by atoms with Crippen LogP contribution in [0.3, 0.4) is 0 Å². The van der Waals surface area contributed by atoms with Crippen LogP contribution < -0.4 is 5.32 Å². The van der Waals surface area contributed by atoms with Gasteiger partial charge in [-0.3, -0.25) is 4.68 Å². The summed E-state index contributed by atoms with van der Waals surface area (Å²) in [6.07, 6.45) is 0.788. The van der Waals surface area contributed by atoms with Crippen molar-refractivity contribution < 1.29 is 4.39 Å². The van der Waals surface area contributed by atoms with Crippen molar-refractivity contribution in [3.63, 3.8) is 0 Å². The van der Waals surface area contributed by atoms with Gasteiger partial charge in [-0.2, -0.15) is 5.10 Å². The monoisotopic (exact) mass is 275 g/mol. The molecule has 0 amide bonds. The Labute approximate surface area is 119 Å². The maximum atomic E-state index is 14.0. The molecule has 2 rings (SSSR count). The Morgan fingerprint density at radius 3 is 2.75 bits per heavy atom. The van der Waals surface area contributed by atoms with Crippen molar-refractivity contribution in [1.82, 2.24) is 15.1 Å². The van der Waals surface area contributed by atoms with Gasteiger partial charge in [-0.25, -0.2) is 4.39 Å². The van der Waals surface area contributed by atoms with E-state index in [0.717, 1.165) is 36.5 Å². The Morgan fingerprint density at radius 1 is 1.35 bits per heavy atom. The van der Waals surface area contributed by atoms with Gasteiger partial charge in [-0.1, -0.05) is 18.2 Å². The lowest BCUT2D eigenvalue weighted by atomic mass is 9.93. The first-order valence-electron chi connectivity index (χ1n) is 7.08. The summed E-state index contributed by atoms with van der Waals surface area (Å²) in [4.78, 5) is 0. The lowest BCUT2D eigenvalue weighted by molar-refractivity contribution is 0.532.